The van der Waals surface area contributed by atoms with Gasteiger partial charge >= 0.3 is 5.63 Å². The number of ether oxygens (including phenoxy) is 1. The molecule has 0 atom stereocenters. The Balaban J connectivity index is 1.76. The van der Waals surface area contributed by atoms with E-state index in [0.29, 0.717) is 18.9 Å². The highest BCUT2D eigenvalue weighted by molar-refractivity contribution is 5.86. The molecule has 3 aromatic rings. The third-order valence-electron chi connectivity index (χ3n) is 4.64. The van der Waals surface area contributed by atoms with Gasteiger partial charge < -0.3 is 13.6 Å². The maximum atomic E-state index is 11.9. The highest BCUT2D eigenvalue weighted by Crippen LogP contribution is 2.36. The molecule has 25 heavy (non-hydrogen) atoms. The van der Waals surface area contributed by atoms with Crippen LogP contribution >= 0.6 is 0 Å². The number of nitrogens with zero attached hydrogens (tertiary/aromatic N) is 1. The van der Waals surface area contributed by atoms with Crippen molar-refractivity contribution < 1.29 is 13.6 Å². The Morgan fingerprint density at radius 1 is 1.28 bits per heavy atom. The quantitative estimate of drug-likeness (QED) is 0.673. The van der Waals surface area contributed by atoms with Gasteiger partial charge in [-0.15, -0.1) is 0 Å². The lowest BCUT2D eigenvalue weighted by Gasteiger charge is -2.29. The van der Waals surface area contributed by atoms with Gasteiger partial charge in [-0.05, 0) is 37.1 Å². The summed E-state index contributed by atoms with van der Waals surface area (Å²) >= 11 is 0. The van der Waals surface area contributed by atoms with Crippen molar-refractivity contribution in [3.63, 3.8) is 0 Å². The van der Waals surface area contributed by atoms with Gasteiger partial charge in [-0.3, -0.25) is 4.90 Å². The zero-order valence-corrected chi connectivity index (χ0v) is 14.5. The molecular weight excluding hydrogens is 318 g/mol. The summed E-state index contributed by atoms with van der Waals surface area (Å²) in [5.41, 5.74) is 3.42. The average molecular weight is 339 g/mol. The van der Waals surface area contributed by atoms with E-state index in [1.54, 1.807) is 12.3 Å². The number of hydrogen-bond acceptors (Lipinski definition) is 5. The van der Waals surface area contributed by atoms with Crippen LogP contribution in [0.3, 0.4) is 0 Å². The second-order valence-corrected chi connectivity index (χ2v) is 6.55. The topological polar surface area (TPSA) is 55.8 Å². The first-order valence-electron chi connectivity index (χ1n) is 8.62. The Labute approximate surface area is 145 Å². The summed E-state index contributed by atoms with van der Waals surface area (Å²) in [6.07, 6.45) is 3.53. The van der Waals surface area contributed by atoms with Crippen molar-refractivity contribution in [1.82, 2.24) is 4.90 Å². The lowest BCUT2D eigenvalue weighted by Crippen LogP contribution is -2.31. The van der Waals surface area contributed by atoms with Crippen LogP contribution in [-0.2, 0) is 19.5 Å². The number of aryl methyl sites for hydroxylation is 2. The van der Waals surface area contributed by atoms with Crippen molar-refractivity contribution >= 4 is 11.0 Å². The molecule has 5 heteroatoms. The van der Waals surface area contributed by atoms with Crippen LogP contribution in [0.1, 0.15) is 35.8 Å². The Morgan fingerprint density at radius 3 is 2.92 bits per heavy atom. The maximum Gasteiger partial charge on any atom is 0.336 e. The summed E-state index contributed by atoms with van der Waals surface area (Å²) in [5, 5.41) is 1.01. The molecule has 4 rings (SSSR count). The van der Waals surface area contributed by atoms with E-state index in [4.69, 9.17) is 13.6 Å². The first kappa shape index (κ1) is 16.0. The molecule has 0 saturated heterocycles. The molecule has 5 nitrogen and oxygen atoms in total. The monoisotopic (exact) mass is 339 g/mol. The molecule has 1 aromatic carbocycles. The van der Waals surface area contributed by atoms with Crippen molar-refractivity contribution in [2.45, 2.75) is 39.8 Å². The fourth-order valence-electron chi connectivity index (χ4n) is 3.53. The molecule has 0 fully saturated rings. The van der Waals surface area contributed by atoms with E-state index in [1.807, 2.05) is 19.1 Å². The molecule has 0 saturated carbocycles. The molecule has 0 amide bonds. The van der Waals surface area contributed by atoms with Gasteiger partial charge in [0.2, 0.25) is 0 Å². The number of fused-ring (bicyclic) bond motifs is 2. The molecule has 0 bridgehead atoms. The van der Waals surface area contributed by atoms with Gasteiger partial charge in [0.05, 0.1) is 12.8 Å². The predicted octanol–water partition coefficient (Wildman–Crippen LogP) is 4.00. The molecular formula is C20H21NO4. The summed E-state index contributed by atoms with van der Waals surface area (Å²) in [6.45, 7) is 6.04. The Hall–Kier alpha value is -2.53. The van der Waals surface area contributed by atoms with Gasteiger partial charge in [0.25, 0.3) is 0 Å². The fraction of sp³-hybridized carbons (Fsp3) is 0.350. The Morgan fingerprint density at radius 2 is 2.16 bits per heavy atom. The smallest absolute Gasteiger partial charge is 0.336 e. The predicted molar refractivity (Wildman–Crippen MR) is 94.7 cm³/mol. The highest BCUT2D eigenvalue weighted by Gasteiger charge is 2.23. The molecule has 0 spiro atoms. The van der Waals surface area contributed by atoms with E-state index < -0.39 is 0 Å². The van der Waals surface area contributed by atoms with Gasteiger partial charge in [-0.25, -0.2) is 4.79 Å². The number of hydrogen-bond donors (Lipinski definition) is 0. The van der Waals surface area contributed by atoms with Crippen molar-refractivity contribution in [3.8, 4) is 5.75 Å². The molecule has 0 unspecified atom stereocenters. The van der Waals surface area contributed by atoms with E-state index in [-0.39, 0.29) is 5.63 Å². The molecule has 3 heterocycles. The summed E-state index contributed by atoms with van der Waals surface area (Å²) in [6, 6.07) is 7.59. The van der Waals surface area contributed by atoms with Crippen LogP contribution in [0, 0.1) is 6.92 Å². The summed E-state index contributed by atoms with van der Waals surface area (Å²) in [4.78, 5) is 14.1. The number of benzene rings is 1. The first-order valence-corrected chi connectivity index (χ1v) is 8.62. The lowest BCUT2D eigenvalue weighted by molar-refractivity contribution is 0.0818. The van der Waals surface area contributed by atoms with Crippen molar-refractivity contribution in [2.24, 2.45) is 0 Å². The van der Waals surface area contributed by atoms with Crippen LogP contribution in [0.5, 0.6) is 5.75 Å². The maximum absolute atomic E-state index is 11.9. The van der Waals surface area contributed by atoms with Gasteiger partial charge in [0, 0.05) is 29.1 Å². The first-order chi connectivity index (χ1) is 12.2. The molecule has 0 aliphatic carbocycles. The summed E-state index contributed by atoms with van der Waals surface area (Å²) < 4.78 is 16.9. The molecule has 0 N–H and O–H groups in total. The van der Waals surface area contributed by atoms with Gasteiger partial charge in [0.1, 0.15) is 23.8 Å². The van der Waals surface area contributed by atoms with Crippen LogP contribution in [0.15, 0.2) is 44.2 Å². The third kappa shape index (κ3) is 2.96. The Bertz CT molecular complexity index is 956. The van der Waals surface area contributed by atoms with Crippen LogP contribution < -0.4 is 10.4 Å². The number of furan rings is 1. The van der Waals surface area contributed by atoms with Gasteiger partial charge in [-0.2, -0.15) is 0 Å². The summed E-state index contributed by atoms with van der Waals surface area (Å²) in [7, 11) is 0. The van der Waals surface area contributed by atoms with Crippen molar-refractivity contribution in [2.75, 3.05) is 6.73 Å². The second-order valence-electron chi connectivity index (χ2n) is 6.55. The SMILES string of the molecule is CCCc1cc(=O)oc2c(C)c3c(cc12)CN(Cc1ccco1)CO3. The van der Waals surface area contributed by atoms with E-state index in [2.05, 4.69) is 17.9 Å². The minimum Gasteiger partial charge on any atom is -0.477 e. The van der Waals surface area contributed by atoms with Gasteiger partial charge in [0.15, 0.2) is 0 Å². The Kier molecular flexibility index (Phi) is 4.09. The highest BCUT2D eigenvalue weighted by atomic mass is 16.5. The number of rotatable bonds is 4. The molecule has 1 aliphatic heterocycles. The zero-order chi connectivity index (χ0) is 17.4. The van der Waals surface area contributed by atoms with E-state index >= 15 is 0 Å². The largest absolute Gasteiger partial charge is 0.477 e. The van der Waals surface area contributed by atoms with Crippen LogP contribution in [0.4, 0.5) is 0 Å². The van der Waals surface area contributed by atoms with E-state index in [9.17, 15) is 4.79 Å². The van der Waals surface area contributed by atoms with Crippen molar-refractivity contribution in [3.05, 3.63) is 63.4 Å². The van der Waals surface area contributed by atoms with Crippen LogP contribution in [-0.4, -0.2) is 11.6 Å². The minimum absolute atomic E-state index is 0.297. The standard InChI is InChI=1S/C20H21NO4/c1-3-5-14-9-18(22)25-20-13(2)19-15(8-17(14)20)10-21(12-24-19)11-16-6-4-7-23-16/h4,6-9H,3,5,10-12H2,1-2H3. The molecule has 2 aromatic heterocycles. The fourth-order valence-corrected chi connectivity index (χ4v) is 3.53. The normalized spacial score (nSPS) is 14.5. The minimum atomic E-state index is -0.297. The van der Waals surface area contributed by atoms with E-state index in [1.165, 1.54) is 0 Å². The molecule has 0 radical (unpaired) electrons. The lowest BCUT2D eigenvalue weighted by atomic mass is 9.98. The van der Waals surface area contributed by atoms with Crippen LogP contribution in [0.25, 0.3) is 11.0 Å². The average Bonchev–Trinajstić information content (AvgIpc) is 3.09. The van der Waals surface area contributed by atoms with Crippen LogP contribution in [0.2, 0.25) is 0 Å². The molecule has 130 valence electrons. The zero-order valence-electron chi connectivity index (χ0n) is 14.5. The third-order valence-corrected chi connectivity index (χ3v) is 4.64. The molecule has 1 aliphatic rings. The van der Waals surface area contributed by atoms with Crippen molar-refractivity contribution in [1.29, 1.82) is 0 Å². The second kappa shape index (κ2) is 6.41. The van der Waals surface area contributed by atoms with Gasteiger partial charge in [-0.1, -0.05) is 13.3 Å². The van der Waals surface area contributed by atoms with E-state index in [0.717, 1.165) is 53.0 Å². The summed E-state index contributed by atoms with van der Waals surface area (Å²) in [5.74, 6) is 1.75.